The van der Waals surface area contributed by atoms with Crippen LogP contribution in [0.1, 0.15) is 5.56 Å². The van der Waals surface area contributed by atoms with E-state index in [4.69, 9.17) is 4.74 Å². The molecular formula is C17H15FN2O. The van der Waals surface area contributed by atoms with Gasteiger partial charge in [-0.1, -0.05) is 24.3 Å². The van der Waals surface area contributed by atoms with Crippen LogP contribution in [0.25, 0.3) is 10.8 Å². The first-order chi connectivity index (χ1) is 10.3. The number of methoxy groups -OCH3 is 1. The molecule has 4 heteroatoms. The maximum atomic E-state index is 13.2. The zero-order chi connectivity index (χ0) is 14.7. The van der Waals surface area contributed by atoms with Crippen molar-refractivity contribution in [3.05, 3.63) is 66.1 Å². The SMILES string of the molecule is COc1cccc2c(NCc3cccc(F)c3)nccc12. The normalized spacial score (nSPS) is 10.6. The highest BCUT2D eigenvalue weighted by atomic mass is 19.1. The van der Waals surface area contributed by atoms with E-state index in [0.29, 0.717) is 6.54 Å². The first-order valence-corrected chi connectivity index (χ1v) is 6.68. The van der Waals surface area contributed by atoms with Crippen LogP contribution < -0.4 is 10.1 Å². The summed E-state index contributed by atoms with van der Waals surface area (Å²) in [6, 6.07) is 14.3. The van der Waals surface area contributed by atoms with Crippen LogP contribution in [0.2, 0.25) is 0 Å². The number of anilines is 1. The number of fused-ring (bicyclic) bond motifs is 1. The Morgan fingerprint density at radius 3 is 2.76 bits per heavy atom. The summed E-state index contributed by atoms with van der Waals surface area (Å²) in [5, 5.41) is 5.23. The first kappa shape index (κ1) is 13.4. The van der Waals surface area contributed by atoms with Gasteiger partial charge in [-0.3, -0.25) is 0 Å². The van der Waals surface area contributed by atoms with Crippen molar-refractivity contribution >= 4 is 16.6 Å². The zero-order valence-corrected chi connectivity index (χ0v) is 11.6. The third-order valence-corrected chi connectivity index (χ3v) is 3.33. The highest BCUT2D eigenvalue weighted by molar-refractivity contribution is 5.95. The minimum absolute atomic E-state index is 0.234. The molecule has 0 aliphatic heterocycles. The molecule has 3 aromatic rings. The molecule has 0 spiro atoms. The summed E-state index contributed by atoms with van der Waals surface area (Å²) in [7, 11) is 1.65. The Bertz CT molecular complexity index is 774. The van der Waals surface area contributed by atoms with Gasteiger partial charge in [-0.05, 0) is 29.8 Å². The highest BCUT2D eigenvalue weighted by Gasteiger charge is 2.06. The van der Waals surface area contributed by atoms with E-state index in [9.17, 15) is 4.39 Å². The third kappa shape index (κ3) is 2.79. The number of ether oxygens (including phenoxy) is 1. The van der Waals surface area contributed by atoms with Crippen molar-refractivity contribution in [2.24, 2.45) is 0 Å². The highest BCUT2D eigenvalue weighted by Crippen LogP contribution is 2.29. The lowest BCUT2D eigenvalue weighted by atomic mass is 10.1. The van der Waals surface area contributed by atoms with Gasteiger partial charge in [0, 0.05) is 23.5 Å². The van der Waals surface area contributed by atoms with E-state index in [1.54, 1.807) is 19.4 Å². The lowest BCUT2D eigenvalue weighted by molar-refractivity contribution is 0.420. The molecule has 3 nitrogen and oxygen atoms in total. The fourth-order valence-electron chi connectivity index (χ4n) is 2.33. The van der Waals surface area contributed by atoms with Crippen LogP contribution in [-0.4, -0.2) is 12.1 Å². The summed E-state index contributed by atoms with van der Waals surface area (Å²) in [6.45, 7) is 0.515. The fraction of sp³-hybridized carbons (Fsp3) is 0.118. The standard InChI is InChI=1S/C17H15FN2O/c1-21-16-7-3-6-15-14(16)8-9-19-17(15)20-11-12-4-2-5-13(18)10-12/h2-10H,11H2,1H3,(H,19,20). The zero-order valence-electron chi connectivity index (χ0n) is 11.6. The van der Waals surface area contributed by atoms with Crippen molar-refractivity contribution in [1.29, 1.82) is 0 Å². The molecule has 0 atom stereocenters. The van der Waals surface area contributed by atoms with Crippen molar-refractivity contribution in [2.75, 3.05) is 12.4 Å². The molecule has 0 radical (unpaired) electrons. The molecule has 0 bridgehead atoms. The molecule has 21 heavy (non-hydrogen) atoms. The third-order valence-electron chi connectivity index (χ3n) is 3.33. The lowest BCUT2D eigenvalue weighted by Gasteiger charge is -2.11. The lowest BCUT2D eigenvalue weighted by Crippen LogP contribution is -2.02. The quantitative estimate of drug-likeness (QED) is 0.785. The summed E-state index contributed by atoms with van der Waals surface area (Å²) in [5.74, 6) is 1.33. The minimum Gasteiger partial charge on any atom is -0.496 e. The largest absolute Gasteiger partial charge is 0.496 e. The van der Waals surface area contributed by atoms with Crippen molar-refractivity contribution in [3.8, 4) is 5.75 Å². The average Bonchev–Trinajstić information content (AvgIpc) is 2.52. The average molecular weight is 282 g/mol. The second-order valence-electron chi connectivity index (χ2n) is 4.70. The number of hydrogen-bond acceptors (Lipinski definition) is 3. The molecule has 2 aromatic carbocycles. The number of benzene rings is 2. The number of rotatable bonds is 4. The number of pyridine rings is 1. The fourth-order valence-corrected chi connectivity index (χ4v) is 2.33. The Hall–Kier alpha value is -2.62. The summed E-state index contributed by atoms with van der Waals surface area (Å²) in [6.07, 6.45) is 1.73. The number of nitrogens with one attached hydrogen (secondary N) is 1. The summed E-state index contributed by atoms with van der Waals surface area (Å²) in [4.78, 5) is 4.36. The molecular weight excluding hydrogens is 267 g/mol. The molecule has 1 N–H and O–H groups in total. The van der Waals surface area contributed by atoms with Crippen LogP contribution in [0.15, 0.2) is 54.7 Å². The van der Waals surface area contributed by atoms with Gasteiger partial charge in [-0.25, -0.2) is 9.37 Å². The van der Waals surface area contributed by atoms with Gasteiger partial charge in [0.25, 0.3) is 0 Å². The second-order valence-corrected chi connectivity index (χ2v) is 4.70. The Morgan fingerprint density at radius 1 is 1.10 bits per heavy atom. The molecule has 0 fully saturated rings. The Kier molecular flexibility index (Phi) is 3.69. The maximum Gasteiger partial charge on any atom is 0.134 e. The van der Waals surface area contributed by atoms with Crippen molar-refractivity contribution in [2.45, 2.75) is 6.54 Å². The van der Waals surface area contributed by atoms with E-state index in [0.717, 1.165) is 27.9 Å². The molecule has 0 amide bonds. The van der Waals surface area contributed by atoms with Gasteiger partial charge in [0.05, 0.1) is 7.11 Å². The van der Waals surface area contributed by atoms with E-state index in [1.165, 1.54) is 12.1 Å². The minimum atomic E-state index is -0.234. The Morgan fingerprint density at radius 2 is 1.95 bits per heavy atom. The smallest absolute Gasteiger partial charge is 0.134 e. The van der Waals surface area contributed by atoms with Crippen molar-refractivity contribution < 1.29 is 9.13 Å². The van der Waals surface area contributed by atoms with Gasteiger partial charge in [0.1, 0.15) is 17.4 Å². The van der Waals surface area contributed by atoms with E-state index < -0.39 is 0 Å². The molecule has 0 saturated carbocycles. The predicted octanol–water partition coefficient (Wildman–Crippen LogP) is 3.99. The summed E-state index contributed by atoms with van der Waals surface area (Å²) >= 11 is 0. The van der Waals surface area contributed by atoms with Gasteiger partial charge in [0.2, 0.25) is 0 Å². The monoisotopic (exact) mass is 282 g/mol. The van der Waals surface area contributed by atoms with Crippen molar-refractivity contribution in [3.63, 3.8) is 0 Å². The van der Waals surface area contributed by atoms with Crippen LogP contribution in [0.5, 0.6) is 5.75 Å². The molecule has 0 saturated heterocycles. The van der Waals surface area contributed by atoms with Gasteiger partial charge >= 0.3 is 0 Å². The van der Waals surface area contributed by atoms with E-state index >= 15 is 0 Å². The first-order valence-electron chi connectivity index (χ1n) is 6.68. The molecule has 3 rings (SSSR count). The second kappa shape index (κ2) is 5.79. The van der Waals surface area contributed by atoms with Gasteiger partial charge in [-0.2, -0.15) is 0 Å². The molecule has 106 valence electrons. The Balaban J connectivity index is 1.91. The maximum absolute atomic E-state index is 13.2. The van der Waals surface area contributed by atoms with Crippen molar-refractivity contribution in [1.82, 2.24) is 4.98 Å². The number of hydrogen-bond donors (Lipinski definition) is 1. The van der Waals surface area contributed by atoms with Crippen LogP contribution in [-0.2, 0) is 6.54 Å². The van der Waals surface area contributed by atoms with E-state index in [2.05, 4.69) is 10.3 Å². The van der Waals surface area contributed by atoms with Gasteiger partial charge in [0.15, 0.2) is 0 Å². The summed E-state index contributed by atoms with van der Waals surface area (Å²) < 4.78 is 18.5. The topological polar surface area (TPSA) is 34.1 Å². The van der Waals surface area contributed by atoms with E-state index in [1.807, 2.05) is 30.3 Å². The molecule has 0 unspecified atom stereocenters. The number of aromatic nitrogens is 1. The molecule has 0 aliphatic rings. The van der Waals surface area contributed by atoms with Gasteiger partial charge in [-0.15, -0.1) is 0 Å². The predicted molar refractivity (Wildman–Crippen MR) is 82.0 cm³/mol. The number of nitrogens with zero attached hydrogens (tertiary/aromatic N) is 1. The molecule has 1 heterocycles. The Labute approximate surface area is 122 Å². The number of halogens is 1. The molecule has 1 aromatic heterocycles. The summed E-state index contributed by atoms with van der Waals surface area (Å²) in [5.41, 5.74) is 0.872. The van der Waals surface area contributed by atoms with E-state index in [-0.39, 0.29) is 5.82 Å². The van der Waals surface area contributed by atoms with Gasteiger partial charge < -0.3 is 10.1 Å². The van der Waals surface area contributed by atoms with Crippen LogP contribution in [0.4, 0.5) is 10.2 Å². The van der Waals surface area contributed by atoms with Crippen LogP contribution in [0, 0.1) is 5.82 Å². The van der Waals surface area contributed by atoms with Crippen LogP contribution >= 0.6 is 0 Å². The van der Waals surface area contributed by atoms with Crippen LogP contribution in [0.3, 0.4) is 0 Å². The molecule has 0 aliphatic carbocycles.